The third-order valence-corrected chi connectivity index (χ3v) is 8.22. The van der Waals surface area contributed by atoms with Gasteiger partial charge in [-0.15, -0.1) is 11.6 Å². The summed E-state index contributed by atoms with van der Waals surface area (Å²) in [6.07, 6.45) is 32.4. The summed E-state index contributed by atoms with van der Waals surface area (Å²) in [7, 11) is 0. The predicted molar refractivity (Wildman–Crippen MR) is 176 cm³/mol. The summed E-state index contributed by atoms with van der Waals surface area (Å²) >= 11 is 6.50. The molecule has 1 aliphatic heterocycles. The van der Waals surface area contributed by atoms with Crippen LogP contribution < -0.4 is 15.4 Å². The Kier molecular flexibility index (Phi) is 16.9. The summed E-state index contributed by atoms with van der Waals surface area (Å²) in [6, 6.07) is 4.61. The molecular formula is C35H55ClN4O. The van der Waals surface area contributed by atoms with E-state index in [1.54, 1.807) is 0 Å². The van der Waals surface area contributed by atoms with E-state index in [-0.39, 0.29) is 11.5 Å². The normalized spacial score (nSPS) is 24.2. The monoisotopic (exact) mass is 582 g/mol. The Labute approximate surface area is 255 Å². The van der Waals surface area contributed by atoms with Gasteiger partial charge in [0.05, 0.1) is 18.1 Å². The second kappa shape index (κ2) is 20.7. The minimum absolute atomic E-state index is 0.0493. The second-order valence-electron chi connectivity index (χ2n) is 11.5. The quantitative estimate of drug-likeness (QED) is 0.123. The van der Waals surface area contributed by atoms with Crippen molar-refractivity contribution in [2.75, 3.05) is 6.61 Å². The van der Waals surface area contributed by atoms with Crippen molar-refractivity contribution in [3.63, 3.8) is 0 Å². The van der Waals surface area contributed by atoms with E-state index >= 15 is 0 Å². The van der Waals surface area contributed by atoms with Crippen molar-refractivity contribution in [2.45, 2.75) is 141 Å². The summed E-state index contributed by atoms with van der Waals surface area (Å²) in [5.74, 6) is 0.772. The van der Waals surface area contributed by atoms with Gasteiger partial charge in [0.2, 0.25) is 5.88 Å². The van der Waals surface area contributed by atoms with Crippen LogP contribution in [0.3, 0.4) is 0 Å². The van der Waals surface area contributed by atoms with Crippen molar-refractivity contribution in [1.29, 1.82) is 0 Å². The molecule has 5 nitrogen and oxygen atoms in total. The van der Waals surface area contributed by atoms with Crippen molar-refractivity contribution in [2.24, 2.45) is 4.99 Å². The van der Waals surface area contributed by atoms with Crippen LogP contribution in [0.1, 0.15) is 134 Å². The number of alkyl halides is 1. The molecule has 0 spiro atoms. The third kappa shape index (κ3) is 13.6. The maximum Gasteiger partial charge on any atom is 0.213 e. The molecule has 6 heteroatoms. The van der Waals surface area contributed by atoms with Crippen LogP contribution in [0.4, 0.5) is 0 Å². The number of rotatable bonds is 15. The third-order valence-electron chi connectivity index (χ3n) is 7.90. The highest BCUT2D eigenvalue weighted by atomic mass is 35.5. The molecule has 0 amide bonds. The predicted octanol–water partition coefficient (Wildman–Crippen LogP) is 9.49. The van der Waals surface area contributed by atoms with Crippen LogP contribution in [-0.2, 0) is 6.42 Å². The molecule has 0 saturated heterocycles. The van der Waals surface area contributed by atoms with E-state index in [0.717, 1.165) is 83.1 Å². The highest BCUT2D eigenvalue weighted by Gasteiger charge is 2.24. The van der Waals surface area contributed by atoms with Gasteiger partial charge in [0.15, 0.2) is 0 Å². The van der Waals surface area contributed by atoms with E-state index in [0.29, 0.717) is 6.04 Å². The number of ether oxygens (including phenoxy) is 1. The molecule has 2 aliphatic rings. The van der Waals surface area contributed by atoms with Gasteiger partial charge < -0.3 is 10.1 Å². The van der Waals surface area contributed by atoms with Gasteiger partial charge in [0, 0.05) is 35.9 Å². The fraction of sp³-hybridized carbons (Fsp3) is 0.657. The molecule has 1 aromatic rings. The van der Waals surface area contributed by atoms with Gasteiger partial charge in [-0.1, -0.05) is 77.0 Å². The molecule has 2 heterocycles. The van der Waals surface area contributed by atoms with Gasteiger partial charge >= 0.3 is 0 Å². The molecule has 228 valence electrons. The Balaban J connectivity index is 1.70. The first kappa shape index (κ1) is 33.4. The number of nitrogens with zero attached hydrogens (tertiary/aromatic N) is 2. The molecule has 3 atom stereocenters. The number of nitrogens with one attached hydrogen (secondary N) is 2. The lowest BCUT2D eigenvalue weighted by Gasteiger charge is -2.31. The molecule has 0 radical (unpaired) electrons. The van der Waals surface area contributed by atoms with Crippen LogP contribution in [-0.4, -0.2) is 29.3 Å². The fourth-order valence-corrected chi connectivity index (χ4v) is 5.65. The van der Waals surface area contributed by atoms with E-state index < -0.39 is 0 Å². The van der Waals surface area contributed by atoms with E-state index in [9.17, 15) is 0 Å². The first-order valence-electron chi connectivity index (χ1n) is 16.5. The fourth-order valence-electron chi connectivity index (χ4n) is 5.48. The molecule has 0 fully saturated rings. The van der Waals surface area contributed by atoms with Gasteiger partial charge in [0.1, 0.15) is 0 Å². The highest BCUT2D eigenvalue weighted by Crippen LogP contribution is 2.31. The molecule has 0 saturated carbocycles. The van der Waals surface area contributed by atoms with E-state index in [1.165, 1.54) is 55.5 Å². The zero-order valence-corrected chi connectivity index (χ0v) is 26.5. The van der Waals surface area contributed by atoms with E-state index in [4.69, 9.17) is 21.3 Å². The smallest absolute Gasteiger partial charge is 0.213 e. The minimum atomic E-state index is -0.0493. The number of pyridine rings is 1. The standard InChI is InChI=1S/C35H55ClN4O/c1-3-5-7-8-9-13-22-34(38-30-18-12-10-11-14-26-37-27-25-29(36)17-15-19-30)39-32-20-16-21-33-31(32)23-24-35(40-33)41-28-6-4-2/h15,18-19,23-27,29,32,34,38-39H,3-14,16-17,20-22,28H2,1-2H3/b19-15+,27-25+,30-18-,37-26+. The average Bonchev–Trinajstić information content (AvgIpc) is 2.97. The largest absolute Gasteiger partial charge is 0.478 e. The Morgan fingerprint density at radius 1 is 1.00 bits per heavy atom. The van der Waals surface area contributed by atoms with Crippen molar-refractivity contribution in [3.8, 4) is 5.88 Å². The Hall–Kier alpha value is -2.11. The van der Waals surface area contributed by atoms with Crippen LogP contribution in [0.5, 0.6) is 5.88 Å². The molecule has 3 rings (SSSR count). The number of aromatic nitrogens is 1. The number of allylic oxidation sites excluding steroid dienone is 4. The summed E-state index contributed by atoms with van der Waals surface area (Å²) in [5, 5.41) is 7.88. The maximum absolute atomic E-state index is 6.50. The van der Waals surface area contributed by atoms with Gasteiger partial charge in [0.25, 0.3) is 0 Å². The highest BCUT2D eigenvalue weighted by molar-refractivity contribution is 6.21. The molecule has 3 unspecified atom stereocenters. The SMILES string of the molecule is CCCCCCCCC(NC1=C\CCCC/C=N/C=C/C(Cl)C\C=C\1)NC1CCCc2nc(OCCCC)ccc21. The van der Waals surface area contributed by atoms with Crippen LogP contribution in [0.25, 0.3) is 0 Å². The number of halogens is 1. The van der Waals surface area contributed by atoms with Gasteiger partial charge in [-0.05, 0) is 81.9 Å². The molecule has 1 aliphatic carbocycles. The molecular weight excluding hydrogens is 528 g/mol. The molecule has 41 heavy (non-hydrogen) atoms. The Morgan fingerprint density at radius 3 is 2.71 bits per heavy atom. The van der Waals surface area contributed by atoms with Crippen molar-refractivity contribution in [3.05, 3.63) is 59.6 Å². The lowest BCUT2D eigenvalue weighted by Crippen LogP contribution is -2.44. The molecule has 0 bridgehead atoms. The summed E-state index contributed by atoms with van der Waals surface area (Å²) in [6.45, 7) is 5.21. The van der Waals surface area contributed by atoms with Crippen molar-refractivity contribution >= 4 is 17.8 Å². The number of aryl methyl sites for hydroxylation is 1. The summed E-state index contributed by atoms with van der Waals surface area (Å²) in [4.78, 5) is 9.26. The zero-order valence-electron chi connectivity index (χ0n) is 25.8. The Morgan fingerprint density at radius 2 is 1.83 bits per heavy atom. The van der Waals surface area contributed by atoms with Crippen LogP contribution in [0, 0.1) is 0 Å². The zero-order chi connectivity index (χ0) is 29.0. The first-order chi connectivity index (χ1) is 20.2. The lowest BCUT2D eigenvalue weighted by molar-refractivity contribution is 0.294. The molecule has 1 aromatic heterocycles. The number of fused-ring (bicyclic) bond motifs is 1. The number of aliphatic imine (C=N–C) groups is 1. The number of hydrogen-bond donors (Lipinski definition) is 2. The Bertz CT molecular complexity index is 973. The van der Waals surface area contributed by atoms with Crippen LogP contribution in [0.15, 0.2) is 53.3 Å². The minimum Gasteiger partial charge on any atom is -0.478 e. The second-order valence-corrected chi connectivity index (χ2v) is 12.1. The number of hydrogen-bond acceptors (Lipinski definition) is 5. The van der Waals surface area contributed by atoms with Crippen molar-refractivity contribution in [1.82, 2.24) is 15.6 Å². The van der Waals surface area contributed by atoms with Gasteiger partial charge in [-0.3, -0.25) is 10.3 Å². The topological polar surface area (TPSA) is 58.5 Å². The molecule has 2 N–H and O–H groups in total. The first-order valence-corrected chi connectivity index (χ1v) is 17.0. The molecule has 0 aromatic carbocycles. The van der Waals surface area contributed by atoms with E-state index in [1.807, 2.05) is 18.5 Å². The van der Waals surface area contributed by atoms with Crippen LogP contribution in [0.2, 0.25) is 0 Å². The van der Waals surface area contributed by atoms with Gasteiger partial charge in [-0.2, -0.15) is 0 Å². The lowest BCUT2D eigenvalue weighted by atomic mass is 9.91. The average molecular weight is 583 g/mol. The van der Waals surface area contributed by atoms with E-state index in [2.05, 4.69) is 59.8 Å². The van der Waals surface area contributed by atoms with Crippen LogP contribution >= 0.6 is 11.6 Å². The van der Waals surface area contributed by atoms with Gasteiger partial charge in [-0.25, -0.2) is 4.98 Å². The number of unbranched alkanes of at least 4 members (excludes halogenated alkanes) is 6. The van der Waals surface area contributed by atoms with Crippen molar-refractivity contribution < 1.29 is 4.74 Å². The summed E-state index contributed by atoms with van der Waals surface area (Å²) < 4.78 is 5.92. The maximum atomic E-state index is 6.50. The summed E-state index contributed by atoms with van der Waals surface area (Å²) in [5.41, 5.74) is 3.73.